The monoisotopic (exact) mass is 374 g/mol. The third-order valence-corrected chi connectivity index (χ3v) is 5.38. The normalized spacial score (nSPS) is 19.2. The molecule has 142 valence electrons. The van der Waals surface area contributed by atoms with E-state index in [-0.39, 0.29) is 12.5 Å². The maximum Gasteiger partial charge on any atom is 0.247 e. The highest BCUT2D eigenvalue weighted by Crippen LogP contribution is 2.32. The zero-order valence-corrected chi connectivity index (χ0v) is 15.5. The first-order chi connectivity index (χ1) is 13.6. The fraction of sp³-hybridized carbons (Fsp3) is 0.217. The Morgan fingerprint density at radius 3 is 2.57 bits per heavy atom. The summed E-state index contributed by atoms with van der Waals surface area (Å²) in [7, 11) is 0. The number of fused-ring (bicyclic) bond motifs is 1. The van der Waals surface area contributed by atoms with Gasteiger partial charge in [-0.25, -0.2) is 0 Å². The SMILES string of the molecule is NC1(c2ccc(OCc3cccc4ccccc34)cc2)CCN(CC=O)C1=O. The Balaban J connectivity index is 1.48. The van der Waals surface area contributed by atoms with Gasteiger partial charge in [-0.15, -0.1) is 0 Å². The predicted octanol–water partition coefficient (Wildman–Crippen LogP) is 3.00. The van der Waals surface area contributed by atoms with Crippen LogP contribution in [0.3, 0.4) is 0 Å². The van der Waals surface area contributed by atoms with Crippen LogP contribution in [0, 0.1) is 0 Å². The summed E-state index contributed by atoms with van der Waals surface area (Å²) in [5.74, 6) is 0.513. The summed E-state index contributed by atoms with van der Waals surface area (Å²) in [6, 6.07) is 21.7. The molecule has 0 aromatic heterocycles. The zero-order valence-electron chi connectivity index (χ0n) is 15.5. The Labute approximate surface area is 163 Å². The van der Waals surface area contributed by atoms with Crippen molar-refractivity contribution in [2.45, 2.75) is 18.6 Å². The quantitative estimate of drug-likeness (QED) is 0.673. The number of benzene rings is 3. The van der Waals surface area contributed by atoms with Gasteiger partial charge in [-0.05, 0) is 40.5 Å². The smallest absolute Gasteiger partial charge is 0.247 e. The minimum atomic E-state index is -1.07. The molecule has 5 nitrogen and oxygen atoms in total. The highest BCUT2D eigenvalue weighted by Gasteiger charge is 2.44. The van der Waals surface area contributed by atoms with Crippen LogP contribution in [-0.2, 0) is 21.7 Å². The zero-order chi connectivity index (χ0) is 19.6. The number of aldehydes is 1. The van der Waals surface area contributed by atoms with Crippen molar-refractivity contribution < 1.29 is 14.3 Å². The molecule has 3 aromatic rings. The number of nitrogens with two attached hydrogens (primary N) is 1. The Morgan fingerprint density at radius 2 is 1.79 bits per heavy atom. The van der Waals surface area contributed by atoms with Crippen molar-refractivity contribution in [3.63, 3.8) is 0 Å². The lowest BCUT2D eigenvalue weighted by molar-refractivity contribution is -0.133. The second-order valence-corrected chi connectivity index (χ2v) is 7.09. The minimum Gasteiger partial charge on any atom is -0.489 e. The Hall–Kier alpha value is -3.18. The molecule has 4 rings (SSSR count). The Morgan fingerprint density at radius 1 is 1.04 bits per heavy atom. The van der Waals surface area contributed by atoms with Gasteiger partial charge in [0.05, 0.1) is 6.54 Å². The van der Waals surface area contributed by atoms with Crippen LogP contribution < -0.4 is 10.5 Å². The van der Waals surface area contributed by atoms with Crippen molar-refractivity contribution in [2.75, 3.05) is 13.1 Å². The summed E-state index contributed by atoms with van der Waals surface area (Å²) in [4.78, 5) is 24.8. The van der Waals surface area contributed by atoms with Gasteiger partial charge in [0.1, 0.15) is 24.2 Å². The summed E-state index contributed by atoms with van der Waals surface area (Å²) < 4.78 is 5.95. The molecule has 0 spiro atoms. The number of hydrogen-bond acceptors (Lipinski definition) is 4. The van der Waals surface area contributed by atoms with Crippen LogP contribution in [0.15, 0.2) is 66.7 Å². The summed E-state index contributed by atoms with van der Waals surface area (Å²) in [5, 5.41) is 2.36. The number of likely N-dealkylation sites (tertiary alicyclic amines) is 1. The maximum atomic E-state index is 12.5. The topological polar surface area (TPSA) is 72.6 Å². The minimum absolute atomic E-state index is 0.0873. The molecule has 28 heavy (non-hydrogen) atoms. The first-order valence-electron chi connectivity index (χ1n) is 9.34. The molecule has 0 saturated carbocycles. The molecule has 1 aliphatic rings. The Bertz CT molecular complexity index is 1010. The van der Waals surface area contributed by atoms with E-state index >= 15 is 0 Å². The van der Waals surface area contributed by atoms with E-state index in [9.17, 15) is 9.59 Å². The van der Waals surface area contributed by atoms with E-state index in [4.69, 9.17) is 10.5 Å². The lowest BCUT2D eigenvalue weighted by Gasteiger charge is -2.23. The number of nitrogens with zero attached hydrogens (tertiary/aromatic N) is 1. The molecule has 0 aliphatic carbocycles. The molecule has 1 saturated heterocycles. The molecule has 1 fully saturated rings. The summed E-state index contributed by atoms with van der Waals surface area (Å²) in [6.07, 6.45) is 1.23. The highest BCUT2D eigenvalue weighted by atomic mass is 16.5. The largest absolute Gasteiger partial charge is 0.489 e. The molecule has 1 amide bonds. The number of carbonyl (C=O) groups is 2. The van der Waals surface area contributed by atoms with Gasteiger partial charge in [-0.3, -0.25) is 4.79 Å². The molecular weight excluding hydrogens is 352 g/mol. The summed E-state index contributed by atoms with van der Waals surface area (Å²) >= 11 is 0. The number of hydrogen-bond donors (Lipinski definition) is 1. The molecule has 3 aromatic carbocycles. The van der Waals surface area contributed by atoms with Crippen molar-refractivity contribution in [1.82, 2.24) is 4.90 Å². The maximum absolute atomic E-state index is 12.5. The lowest BCUT2D eigenvalue weighted by Crippen LogP contribution is -2.45. The molecule has 1 unspecified atom stereocenters. The molecule has 5 heteroatoms. The van der Waals surface area contributed by atoms with Crippen LogP contribution >= 0.6 is 0 Å². The van der Waals surface area contributed by atoms with Gasteiger partial charge in [-0.1, -0.05) is 54.6 Å². The van der Waals surface area contributed by atoms with Crippen LogP contribution in [0.5, 0.6) is 5.75 Å². The van der Waals surface area contributed by atoms with Crippen LogP contribution in [0.1, 0.15) is 17.5 Å². The van der Waals surface area contributed by atoms with Gasteiger partial charge in [0.25, 0.3) is 0 Å². The fourth-order valence-electron chi connectivity index (χ4n) is 3.76. The van der Waals surface area contributed by atoms with E-state index < -0.39 is 5.54 Å². The molecule has 0 bridgehead atoms. The van der Waals surface area contributed by atoms with Crippen molar-refractivity contribution >= 4 is 23.0 Å². The van der Waals surface area contributed by atoms with Gasteiger partial charge >= 0.3 is 0 Å². The molecule has 2 N–H and O–H groups in total. The van der Waals surface area contributed by atoms with Crippen molar-refractivity contribution in [3.05, 3.63) is 77.9 Å². The van der Waals surface area contributed by atoms with Crippen LogP contribution in [0.4, 0.5) is 0 Å². The fourth-order valence-corrected chi connectivity index (χ4v) is 3.76. The van der Waals surface area contributed by atoms with Crippen molar-refractivity contribution in [1.29, 1.82) is 0 Å². The molecule has 1 aliphatic heterocycles. The molecule has 0 radical (unpaired) electrons. The standard InChI is InChI=1S/C23H22N2O3/c24-23(12-13-25(14-15-26)22(23)27)19-8-10-20(11-9-19)28-16-18-6-3-5-17-4-1-2-7-21(17)18/h1-11,15H,12-14,16,24H2. The second-order valence-electron chi connectivity index (χ2n) is 7.09. The third kappa shape index (κ3) is 3.25. The van der Waals surface area contributed by atoms with Crippen LogP contribution in [0.2, 0.25) is 0 Å². The molecule has 1 heterocycles. The molecular formula is C23H22N2O3. The average molecular weight is 374 g/mol. The summed E-state index contributed by atoms with van der Waals surface area (Å²) in [6.45, 7) is 1.04. The highest BCUT2D eigenvalue weighted by molar-refractivity contribution is 5.91. The number of carbonyl (C=O) groups excluding carboxylic acids is 2. The number of rotatable bonds is 6. The van der Waals surface area contributed by atoms with Gasteiger partial charge in [0.15, 0.2) is 0 Å². The van der Waals surface area contributed by atoms with Gasteiger partial charge in [0.2, 0.25) is 5.91 Å². The van der Waals surface area contributed by atoms with E-state index in [0.717, 1.165) is 23.2 Å². The summed E-state index contributed by atoms with van der Waals surface area (Å²) in [5.41, 5.74) is 7.16. The third-order valence-electron chi connectivity index (χ3n) is 5.38. The Kier molecular flexibility index (Phi) is 4.84. The van der Waals surface area contributed by atoms with Gasteiger partial charge in [0, 0.05) is 6.54 Å². The van der Waals surface area contributed by atoms with E-state index in [1.807, 2.05) is 42.5 Å². The second kappa shape index (κ2) is 7.44. The number of amides is 1. The van der Waals surface area contributed by atoms with E-state index in [2.05, 4.69) is 24.3 Å². The predicted molar refractivity (Wildman–Crippen MR) is 108 cm³/mol. The first-order valence-corrected chi connectivity index (χ1v) is 9.34. The van der Waals surface area contributed by atoms with E-state index in [1.165, 1.54) is 15.7 Å². The lowest BCUT2D eigenvalue weighted by atomic mass is 9.89. The van der Waals surface area contributed by atoms with E-state index in [1.54, 1.807) is 0 Å². The van der Waals surface area contributed by atoms with E-state index in [0.29, 0.717) is 19.6 Å². The van der Waals surface area contributed by atoms with Crippen LogP contribution in [-0.4, -0.2) is 30.2 Å². The van der Waals surface area contributed by atoms with Gasteiger partial charge < -0.3 is 20.2 Å². The molecule has 1 atom stereocenters. The van der Waals surface area contributed by atoms with Crippen LogP contribution in [0.25, 0.3) is 10.8 Å². The average Bonchev–Trinajstić information content (AvgIpc) is 3.02. The van der Waals surface area contributed by atoms with Crippen molar-refractivity contribution in [2.24, 2.45) is 5.73 Å². The van der Waals surface area contributed by atoms with Crippen molar-refractivity contribution in [3.8, 4) is 5.75 Å². The first kappa shape index (κ1) is 18.2. The van der Waals surface area contributed by atoms with Gasteiger partial charge in [-0.2, -0.15) is 0 Å². The number of ether oxygens (including phenoxy) is 1.